The van der Waals surface area contributed by atoms with Crippen LogP contribution in [0.25, 0.3) is 0 Å². The Hall–Kier alpha value is -1.18. The number of nitro groups is 1. The van der Waals surface area contributed by atoms with Gasteiger partial charge in [-0.1, -0.05) is 0 Å². The first-order chi connectivity index (χ1) is 6.56. The summed E-state index contributed by atoms with van der Waals surface area (Å²) in [6.07, 6.45) is 1.62. The van der Waals surface area contributed by atoms with Crippen molar-refractivity contribution in [3.8, 4) is 5.75 Å². The summed E-state index contributed by atoms with van der Waals surface area (Å²) in [4.78, 5) is 19.9. The maximum Gasteiger partial charge on any atom is 0.312 e. The Morgan fingerprint density at radius 1 is 1.57 bits per heavy atom. The number of carbonyl (C=O) groups excluding carboxylic acids is 1. The van der Waals surface area contributed by atoms with Gasteiger partial charge in [-0.15, -0.1) is 0 Å². The Labute approximate surface area is 93.0 Å². The van der Waals surface area contributed by atoms with Crippen molar-refractivity contribution in [2.45, 2.75) is 6.42 Å². The third kappa shape index (κ3) is 2.19. The molecule has 1 N–H and O–H groups in total. The summed E-state index contributed by atoms with van der Waals surface area (Å²) >= 11 is 1.76. The highest BCUT2D eigenvalue weighted by molar-refractivity contribution is 14.1. The minimum Gasteiger partial charge on any atom is -0.501 e. The number of phenolic OH excluding ortho intramolecular Hbond substituents is 1. The van der Waals surface area contributed by atoms with Gasteiger partial charge < -0.3 is 5.11 Å². The average Bonchev–Trinajstić information content (AvgIpc) is 2.11. The topological polar surface area (TPSA) is 80.4 Å². The van der Waals surface area contributed by atoms with E-state index in [-0.39, 0.29) is 17.9 Å². The first kappa shape index (κ1) is 10.9. The highest BCUT2D eigenvalue weighted by Crippen LogP contribution is 2.32. The van der Waals surface area contributed by atoms with Crippen LogP contribution < -0.4 is 0 Å². The summed E-state index contributed by atoms with van der Waals surface area (Å²) in [5, 5.41) is 19.8. The molecule has 0 heterocycles. The van der Waals surface area contributed by atoms with E-state index in [0.717, 1.165) is 0 Å². The van der Waals surface area contributed by atoms with E-state index in [1.165, 1.54) is 12.1 Å². The zero-order valence-electron chi connectivity index (χ0n) is 6.86. The fraction of sp³-hybridized carbons (Fsp3) is 0.125. The van der Waals surface area contributed by atoms with Crippen molar-refractivity contribution in [3.63, 3.8) is 0 Å². The molecule has 0 aliphatic heterocycles. The van der Waals surface area contributed by atoms with Crippen molar-refractivity contribution in [1.29, 1.82) is 0 Å². The van der Waals surface area contributed by atoms with Gasteiger partial charge in [0.1, 0.15) is 0 Å². The second-order valence-electron chi connectivity index (χ2n) is 2.52. The van der Waals surface area contributed by atoms with Crippen LogP contribution in [0.15, 0.2) is 12.1 Å². The van der Waals surface area contributed by atoms with Crippen molar-refractivity contribution in [2.24, 2.45) is 0 Å². The fourth-order valence-electron chi connectivity index (χ4n) is 0.964. The third-order valence-electron chi connectivity index (χ3n) is 1.58. The van der Waals surface area contributed by atoms with E-state index in [4.69, 9.17) is 0 Å². The molecule has 14 heavy (non-hydrogen) atoms. The van der Waals surface area contributed by atoms with E-state index in [1.54, 1.807) is 28.9 Å². The molecule has 0 unspecified atom stereocenters. The van der Waals surface area contributed by atoms with Crippen LogP contribution in [0.1, 0.15) is 5.56 Å². The minimum absolute atomic E-state index is 0.0167. The Morgan fingerprint density at radius 3 is 2.71 bits per heavy atom. The van der Waals surface area contributed by atoms with Crippen LogP contribution in [-0.2, 0) is 11.2 Å². The lowest BCUT2D eigenvalue weighted by molar-refractivity contribution is -0.386. The molecule has 1 radical (unpaired) electrons. The van der Waals surface area contributed by atoms with Crippen molar-refractivity contribution in [2.75, 3.05) is 0 Å². The summed E-state index contributed by atoms with van der Waals surface area (Å²) in [7, 11) is 0. The van der Waals surface area contributed by atoms with Gasteiger partial charge in [-0.2, -0.15) is 0 Å². The van der Waals surface area contributed by atoms with E-state index in [0.29, 0.717) is 9.13 Å². The number of aromatic hydroxyl groups is 1. The molecule has 0 bridgehead atoms. The Morgan fingerprint density at radius 2 is 2.21 bits per heavy atom. The molecule has 0 saturated heterocycles. The number of hydrogen-bond donors (Lipinski definition) is 1. The van der Waals surface area contributed by atoms with Gasteiger partial charge in [0.25, 0.3) is 0 Å². The molecule has 0 spiro atoms. The van der Waals surface area contributed by atoms with Crippen LogP contribution in [-0.4, -0.2) is 16.3 Å². The van der Waals surface area contributed by atoms with E-state index in [2.05, 4.69) is 0 Å². The number of phenols is 1. The molecular formula is C8H5INO4. The largest absolute Gasteiger partial charge is 0.501 e. The normalized spacial score (nSPS) is 9.79. The summed E-state index contributed by atoms with van der Waals surface area (Å²) in [5.74, 6) is -0.370. The molecule has 1 aromatic carbocycles. The van der Waals surface area contributed by atoms with Gasteiger partial charge in [-0.25, -0.2) is 0 Å². The molecule has 6 heteroatoms. The summed E-state index contributed by atoms with van der Waals surface area (Å²) in [6, 6.07) is 2.68. The summed E-state index contributed by atoms with van der Waals surface area (Å²) < 4.78 is 0.349. The number of rotatable bonds is 3. The standard InChI is InChI=1S/C8H5INO4/c9-6-3-5(1-2-11)4-7(8(6)12)10(13)14/h3-4,12H,1H2. The third-order valence-corrected chi connectivity index (χ3v) is 2.40. The number of nitro benzene ring substituents is 1. The minimum atomic E-state index is -0.689. The maximum atomic E-state index is 10.5. The average molecular weight is 306 g/mol. The van der Waals surface area contributed by atoms with Crippen LogP contribution in [0, 0.1) is 13.7 Å². The monoisotopic (exact) mass is 306 g/mol. The Bertz CT molecular complexity index is 391. The second kappa shape index (κ2) is 4.36. The molecule has 73 valence electrons. The summed E-state index contributed by atoms with van der Waals surface area (Å²) in [5.41, 5.74) is 0.0797. The zero-order chi connectivity index (χ0) is 10.7. The highest BCUT2D eigenvalue weighted by Gasteiger charge is 2.17. The van der Waals surface area contributed by atoms with Gasteiger partial charge >= 0.3 is 5.69 Å². The number of hydrogen-bond acceptors (Lipinski definition) is 4. The van der Waals surface area contributed by atoms with Crippen molar-refractivity contribution >= 4 is 34.6 Å². The van der Waals surface area contributed by atoms with Crippen LogP contribution in [0.2, 0.25) is 0 Å². The molecule has 0 saturated carbocycles. The lowest BCUT2D eigenvalue weighted by atomic mass is 10.1. The first-order valence-electron chi connectivity index (χ1n) is 3.57. The Balaban J connectivity index is 3.27. The molecule has 1 aromatic rings. The number of nitrogens with zero attached hydrogens (tertiary/aromatic N) is 1. The SMILES string of the molecule is O=[C]Cc1cc(I)c(O)c([N+](=O)[O-])c1. The summed E-state index contributed by atoms with van der Waals surface area (Å²) in [6.45, 7) is 0. The lowest BCUT2D eigenvalue weighted by Crippen LogP contribution is -1.94. The van der Waals surface area contributed by atoms with E-state index < -0.39 is 4.92 Å². The first-order valence-corrected chi connectivity index (χ1v) is 4.65. The van der Waals surface area contributed by atoms with Gasteiger partial charge in [0.15, 0.2) is 0 Å². The van der Waals surface area contributed by atoms with Gasteiger partial charge in [0, 0.05) is 12.5 Å². The number of benzene rings is 1. The van der Waals surface area contributed by atoms with E-state index in [1.807, 2.05) is 0 Å². The van der Waals surface area contributed by atoms with E-state index >= 15 is 0 Å². The molecule has 0 aliphatic rings. The van der Waals surface area contributed by atoms with Crippen LogP contribution >= 0.6 is 22.6 Å². The van der Waals surface area contributed by atoms with Crippen LogP contribution in [0.5, 0.6) is 5.75 Å². The van der Waals surface area contributed by atoms with Crippen LogP contribution in [0.4, 0.5) is 5.69 Å². The van der Waals surface area contributed by atoms with E-state index in [9.17, 15) is 20.0 Å². The predicted octanol–water partition coefficient (Wildman–Crippen LogP) is 1.56. The number of halogens is 1. The van der Waals surface area contributed by atoms with Gasteiger partial charge in [-0.05, 0) is 34.2 Å². The smallest absolute Gasteiger partial charge is 0.312 e. The lowest BCUT2D eigenvalue weighted by Gasteiger charge is -2.01. The molecule has 0 aliphatic carbocycles. The van der Waals surface area contributed by atoms with Gasteiger partial charge in [-0.3, -0.25) is 14.9 Å². The zero-order valence-corrected chi connectivity index (χ0v) is 9.02. The predicted molar refractivity (Wildman–Crippen MR) is 56.9 cm³/mol. The fourth-order valence-corrected chi connectivity index (χ4v) is 1.64. The van der Waals surface area contributed by atoms with Crippen molar-refractivity contribution in [1.82, 2.24) is 0 Å². The van der Waals surface area contributed by atoms with Gasteiger partial charge in [0.05, 0.1) is 8.49 Å². The second-order valence-corrected chi connectivity index (χ2v) is 3.69. The molecular weight excluding hydrogens is 301 g/mol. The van der Waals surface area contributed by atoms with Crippen molar-refractivity contribution in [3.05, 3.63) is 31.4 Å². The maximum absolute atomic E-state index is 10.5. The van der Waals surface area contributed by atoms with Crippen LogP contribution in [0.3, 0.4) is 0 Å². The van der Waals surface area contributed by atoms with Gasteiger partial charge in [0.2, 0.25) is 12.0 Å². The molecule has 0 amide bonds. The molecule has 0 aromatic heterocycles. The molecule has 1 rings (SSSR count). The highest BCUT2D eigenvalue weighted by atomic mass is 127. The molecule has 5 nitrogen and oxygen atoms in total. The Kier molecular flexibility index (Phi) is 3.39. The quantitative estimate of drug-likeness (QED) is 0.522. The molecule has 0 fully saturated rings. The van der Waals surface area contributed by atoms with Crippen molar-refractivity contribution < 1.29 is 14.8 Å². The molecule has 0 atom stereocenters.